The molecule has 0 fully saturated rings. The van der Waals surface area contributed by atoms with Crippen LogP contribution in [0.5, 0.6) is 0 Å². The van der Waals surface area contributed by atoms with Crippen molar-refractivity contribution in [3.05, 3.63) is 0 Å². The summed E-state index contributed by atoms with van der Waals surface area (Å²) in [7, 11) is 0. The van der Waals surface area contributed by atoms with Crippen LogP contribution in [-0.4, -0.2) is 71.8 Å². The highest BCUT2D eigenvalue weighted by Gasteiger charge is 2.22. The van der Waals surface area contributed by atoms with Crippen molar-refractivity contribution in [3.63, 3.8) is 0 Å². The Kier molecular flexibility index (Phi) is 25.3. The van der Waals surface area contributed by atoms with Gasteiger partial charge in [-0.2, -0.15) is 0 Å². The quantitative estimate of drug-likeness (QED) is 0.133. The van der Waals surface area contributed by atoms with Crippen molar-refractivity contribution in [2.75, 3.05) is 39.5 Å². The fraction of sp³-hybridized carbons (Fsp3) is 1.00. The lowest BCUT2D eigenvalue weighted by Gasteiger charge is -2.34. The van der Waals surface area contributed by atoms with E-state index in [2.05, 4.69) is 24.1 Å². The number of nitrogens with one attached hydrogen (secondary N) is 1. The summed E-state index contributed by atoms with van der Waals surface area (Å²) < 4.78 is 0. The summed E-state index contributed by atoms with van der Waals surface area (Å²) in [4.78, 5) is 2.14. The van der Waals surface area contributed by atoms with Crippen LogP contribution in [0.2, 0.25) is 0 Å². The molecule has 0 saturated heterocycles. The Bertz CT molecular complexity index is 352. The van der Waals surface area contributed by atoms with Crippen molar-refractivity contribution < 1.29 is 15.3 Å². The minimum absolute atomic E-state index is 0.107. The Labute approximate surface area is 200 Å². The Hall–Kier alpha value is -0.200. The topological polar surface area (TPSA) is 76.0 Å². The molecule has 0 heterocycles. The SMILES string of the molecule is CCCCCCCCCCCCCCCCCCC(NCCO)C(C)N(CCO)CCO. The molecule has 32 heavy (non-hydrogen) atoms. The molecule has 0 aliphatic heterocycles. The predicted octanol–water partition coefficient (Wildman–Crippen LogP) is 5.26. The van der Waals surface area contributed by atoms with Crippen LogP contribution in [0.1, 0.15) is 123 Å². The van der Waals surface area contributed by atoms with Crippen LogP contribution in [0.15, 0.2) is 0 Å². The van der Waals surface area contributed by atoms with E-state index in [1.54, 1.807) is 0 Å². The molecule has 0 aromatic rings. The summed E-state index contributed by atoms with van der Waals surface area (Å²) in [5.74, 6) is 0. The summed E-state index contributed by atoms with van der Waals surface area (Å²) in [5.41, 5.74) is 0. The van der Waals surface area contributed by atoms with Gasteiger partial charge in [-0.15, -0.1) is 0 Å². The molecule has 0 radical (unpaired) electrons. The number of nitrogens with zero attached hydrogens (tertiary/aromatic N) is 1. The normalized spacial score (nSPS) is 13.7. The van der Waals surface area contributed by atoms with Crippen LogP contribution < -0.4 is 5.32 Å². The van der Waals surface area contributed by atoms with Gasteiger partial charge in [-0.05, 0) is 13.3 Å². The van der Waals surface area contributed by atoms with Crippen molar-refractivity contribution in [2.24, 2.45) is 0 Å². The second-order valence-corrected chi connectivity index (χ2v) is 9.60. The second kappa shape index (κ2) is 25.4. The molecule has 0 amide bonds. The maximum absolute atomic E-state index is 9.31. The van der Waals surface area contributed by atoms with Crippen molar-refractivity contribution in [2.45, 2.75) is 135 Å². The van der Waals surface area contributed by atoms with Gasteiger partial charge in [0.1, 0.15) is 0 Å². The fourth-order valence-corrected chi connectivity index (χ4v) is 4.71. The highest BCUT2D eigenvalue weighted by atomic mass is 16.3. The van der Waals surface area contributed by atoms with Gasteiger partial charge in [-0.3, -0.25) is 4.90 Å². The highest BCUT2D eigenvalue weighted by Crippen LogP contribution is 2.16. The zero-order valence-corrected chi connectivity index (χ0v) is 21.7. The molecule has 2 unspecified atom stereocenters. The van der Waals surface area contributed by atoms with Gasteiger partial charge < -0.3 is 20.6 Å². The van der Waals surface area contributed by atoms with Crippen molar-refractivity contribution in [1.29, 1.82) is 0 Å². The molecule has 5 heteroatoms. The van der Waals surface area contributed by atoms with E-state index in [0.29, 0.717) is 19.6 Å². The number of unbranched alkanes of at least 4 members (excludes halogenated alkanes) is 15. The Morgan fingerprint density at radius 2 is 1.00 bits per heavy atom. The van der Waals surface area contributed by atoms with E-state index in [9.17, 15) is 15.3 Å². The molecule has 2 atom stereocenters. The summed E-state index contributed by atoms with van der Waals surface area (Å²) in [6, 6.07) is 0.518. The Balaban J connectivity index is 3.72. The summed E-state index contributed by atoms with van der Waals surface area (Å²) >= 11 is 0. The zero-order chi connectivity index (χ0) is 23.7. The second-order valence-electron chi connectivity index (χ2n) is 9.60. The fourth-order valence-electron chi connectivity index (χ4n) is 4.71. The molecule has 0 spiro atoms. The zero-order valence-electron chi connectivity index (χ0n) is 21.7. The first kappa shape index (κ1) is 31.8. The molecule has 5 nitrogen and oxygen atoms in total. The van der Waals surface area contributed by atoms with Crippen molar-refractivity contribution in [1.82, 2.24) is 10.2 Å². The minimum atomic E-state index is 0.107. The van der Waals surface area contributed by atoms with Gasteiger partial charge in [-0.1, -0.05) is 110 Å². The predicted molar refractivity (Wildman–Crippen MR) is 138 cm³/mol. The number of hydrogen-bond donors (Lipinski definition) is 4. The smallest absolute Gasteiger partial charge is 0.0558 e. The van der Waals surface area contributed by atoms with Gasteiger partial charge in [-0.25, -0.2) is 0 Å². The largest absolute Gasteiger partial charge is 0.395 e. The lowest BCUT2D eigenvalue weighted by Crippen LogP contribution is -2.50. The van der Waals surface area contributed by atoms with E-state index in [4.69, 9.17) is 0 Å². The average Bonchev–Trinajstić information content (AvgIpc) is 2.80. The summed E-state index contributed by atoms with van der Waals surface area (Å²) in [6.45, 7) is 6.56. The maximum Gasteiger partial charge on any atom is 0.0558 e. The molecular formula is C27H58N2O3. The first-order chi connectivity index (χ1) is 15.7. The highest BCUT2D eigenvalue weighted by molar-refractivity contribution is 4.81. The molecule has 194 valence electrons. The summed E-state index contributed by atoms with van der Waals surface area (Å²) in [5, 5.41) is 31.3. The number of aliphatic hydroxyl groups is 3. The van der Waals surface area contributed by atoms with E-state index >= 15 is 0 Å². The van der Waals surface area contributed by atoms with Crippen LogP contribution in [0.3, 0.4) is 0 Å². The standard InChI is InChI=1S/C27H58N2O3/c1-3-4-5-6-7-8-9-10-11-12-13-14-15-16-17-18-19-27(28-20-23-30)26(2)29(21-24-31)22-25-32/h26-28,30-32H,3-25H2,1-2H3. The number of hydrogen-bond acceptors (Lipinski definition) is 5. The first-order valence-corrected chi connectivity index (χ1v) is 14.0. The van der Waals surface area contributed by atoms with Crippen LogP contribution in [-0.2, 0) is 0 Å². The molecule has 0 aliphatic rings. The van der Waals surface area contributed by atoms with Crippen molar-refractivity contribution >= 4 is 0 Å². The Morgan fingerprint density at radius 1 is 0.594 bits per heavy atom. The molecule has 0 aromatic carbocycles. The first-order valence-electron chi connectivity index (χ1n) is 14.0. The van der Waals surface area contributed by atoms with E-state index in [-0.39, 0.29) is 31.9 Å². The van der Waals surface area contributed by atoms with E-state index in [1.165, 1.54) is 103 Å². The van der Waals surface area contributed by atoms with Gasteiger partial charge in [0.2, 0.25) is 0 Å². The summed E-state index contributed by atoms with van der Waals surface area (Å²) in [6.07, 6.45) is 23.2. The van der Waals surface area contributed by atoms with Gasteiger partial charge in [0.15, 0.2) is 0 Å². The van der Waals surface area contributed by atoms with E-state index in [1.807, 2.05) is 0 Å². The van der Waals surface area contributed by atoms with Gasteiger partial charge in [0.05, 0.1) is 19.8 Å². The van der Waals surface area contributed by atoms with Crippen LogP contribution in [0.4, 0.5) is 0 Å². The van der Waals surface area contributed by atoms with Gasteiger partial charge in [0, 0.05) is 31.7 Å². The number of rotatable bonds is 26. The molecule has 0 aliphatic carbocycles. The number of aliphatic hydroxyl groups excluding tert-OH is 3. The third kappa shape index (κ3) is 19.3. The monoisotopic (exact) mass is 458 g/mol. The molecule has 0 saturated carbocycles. The van der Waals surface area contributed by atoms with Gasteiger partial charge in [0.25, 0.3) is 0 Å². The van der Waals surface area contributed by atoms with Crippen LogP contribution in [0.25, 0.3) is 0 Å². The lowest BCUT2D eigenvalue weighted by molar-refractivity contribution is 0.104. The third-order valence-electron chi connectivity index (χ3n) is 6.82. The minimum Gasteiger partial charge on any atom is -0.395 e. The van der Waals surface area contributed by atoms with Crippen LogP contribution >= 0.6 is 0 Å². The average molecular weight is 459 g/mol. The molecule has 0 bridgehead atoms. The van der Waals surface area contributed by atoms with E-state index < -0.39 is 0 Å². The lowest BCUT2D eigenvalue weighted by atomic mass is 9.99. The molecule has 0 rings (SSSR count). The van der Waals surface area contributed by atoms with E-state index in [0.717, 1.165) is 6.42 Å². The third-order valence-corrected chi connectivity index (χ3v) is 6.82. The molecule has 0 aromatic heterocycles. The molecular weight excluding hydrogens is 400 g/mol. The maximum atomic E-state index is 9.31. The van der Waals surface area contributed by atoms with Gasteiger partial charge >= 0.3 is 0 Å². The van der Waals surface area contributed by atoms with Crippen LogP contribution in [0, 0.1) is 0 Å². The molecule has 4 N–H and O–H groups in total. The van der Waals surface area contributed by atoms with Crippen molar-refractivity contribution in [3.8, 4) is 0 Å². The Morgan fingerprint density at radius 3 is 1.38 bits per heavy atom.